The third-order valence-electron chi connectivity index (χ3n) is 2.78. The molecule has 0 saturated heterocycles. The predicted molar refractivity (Wildman–Crippen MR) is 78.5 cm³/mol. The molecule has 0 aromatic heterocycles. The van der Waals surface area contributed by atoms with Gasteiger partial charge in [0.1, 0.15) is 0 Å². The molecule has 23 heavy (non-hydrogen) atoms. The average Bonchev–Trinajstić information content (AvgIpc) is 2.42. The SMILES string of the molecule is Ic1ccccc1.O=S(=O)(O)C1(F)C=CC(F)C(F)(F)C1(F)F. The Morgan fingerprint density at radius 2 is 1.52 bits per heavy atom. The Hall–Kier alpha value is -0.820. The van der Waals surface area contributed by atoms with Crippen LogP contribution in [0.3, 0.4) is 0 Å². The lowest BCUT2D eigenvalue weighted by Gasteiger charge is -2.37. The number of hydrogen-bond donors (Lipinski definition) is 1. The van der Waals surface area contributed by atoms with Crippen molar-refractivity contribution >= 4 is 32.7 Å². The summed E-state index contributed by atoms with van der Waals surface area (Å²) >= 11 is 2.28. The Bertz CT molecular complexity index is 679. The Kier molecular flexibility index (Phi) is 5.79. The van der Waals surface area contributed by atoms with Crippen LogP contribution in [0.25, 0.3) is 0 Å². The molecule has 0 heterocycles. The molecular formula is C12H9F6IO3S. The molecule has 11 heteroatoms. The minimum absolute atomic E-state index is 0.384. The third-order valence-corrected chi connectivity index (χ3v) is 4.64. The molecule has 2 rings (SSSR count). The minimum atomic E-state index is -6.18. The van der Waals surface area contributed by atoms with Gasteiger partial charge in [-0.3, -0.25) is 4.55 Å². The van der Waals surface area contributed by atoms with E-state index >= 15 is 0 Å². The van der Waals surface area contributed by atoms with Gasteiger partial charge in [-0.05, 0) is 46.9 Å². The molecule has 1 aromatic carbocycles. The van der Waals surface area contributed by atoms with Gasteiger partial charge in [-0.15, -0.1) is 0 Å². The van der Waals surface area contributed by atoms with Gasteiger partial charge in [0.25, 0.3) is 0 Å². The highest BCUT2D eigenvalue weighted by molar-refractivity contribution is 14.1. The molecule has 0 amide bonds. The molecule has 1 aromatic rings. The first-order valence-corrected chi connectivity index (χ1v) is 8.25. The standard InChI is InChI=1S/C6H4F6O3S.C6H5I/c7-3-1-2-4(8,16(13,14)15)6(11,12)5(3,9)10;7-6-4-2-1-3-5-6/h1-3H,(H,13,14,15);1-5H. The topological polar surface area (TPSA) is 54.4 Å². The van der Waals surface area contributed by atoms with Crippen molar-refractivity contribution in [1.29, 1.82) is 0 Å². The van der Waals surface area contributed by atoms with Crippen molar-refractivity contribution in [2.75, 3.05) is 0 Å². The number of allylic oxidation sites excluding steroid dienone is 1. The van der Waals surface area contributed by atoms with E-state index in [9.17, 15) is 34.8 Å². The monoisotopic (exact) mass is 474 g/mol. The highest BCUT2D eigenvalue weighted by Gasteiger charge is 2.78. The van der Waals surface area contributed by atoms with E-state index in [-0.39, 0.29) is 6.08 Å². The minimum Gasteiger partial charge on any atom is -0.283 e. The summed E-state index contributed by atoms with van der Waals surface area (Å²) in [6.45, 7) is 0. The van der Waals surface area contributed by atoms with Crippen molar-refractivity contribution < 1.29 is 39.3 Å². The lowest BCUT2D eigenvalue weighted by atomic mass is 9.95. The van der Waals surface area contributed by atoms with E-state index in [2.05, 4.69) is 34.7 Å². The van der Waals surface area contributed by atoms with Crippen molar-refractivity contribution in [3.63, 3.8) is 0 Å². The molecule has 1 aliphatic carbocycles. The Balaban J connectivity index is 0.000000313. The number of alkyl halides is 6. The van der Waals surface area contributed by atoms with Crippen LogP contribution in [0.1, 0.15) is 0 Å². The maximum absolute atomic E-state index is 13.2. The van der Waals surface area contributed by atoms with Gasteiger partial charge in [-0.1, -0.05) is 18.2 Å². The van der Waals surface area contributed by atoms with Crippen LogP contribution in [-0.4, -0.2) is 36.0 Å². The second-order valence-electron chi connectivity index (χ2n) is 4.37. The van der Waals surface area contributed by atoms with Crippen LogP contribution >= 0.6 is 22.6 Å². The van der Waals surface area contributed by atoms with Crippen molar-refractivity contribution in [1.82, 2.24) is 0 Å². The van der Waals surface area contributed by atoms with Crippen molar-refractivity contribution in [2.24, 2.45) is 0 Å². The second-order valence-corrected chi connectivity index (χ2v) is 7.16. The molecule has 0 radical (unpaired) electrons. The fourth-order valence-electron chi connectivity index (χ4n) is 1.50. The van der Waals surface area contributed by atoms with Crippen LogP contribution in [0.4, 0.5) is 26.3 Å². The van der Waals surface area contributed by atoms with Crippen molar-refractivity contribution in [3.8, 4) is 0 Å². The molecule has 2 atom stereocenters. The summed E-state index contributed by atoms with van der Waals surface area (Å²) < 4.78 is 107. The molecule has 2 unspecified atom stereocenters. The zero-order valence-corrected chi connectivity index (χ0v) is 13.9. The molecule has 1 N–H and O–H groups in total. The number of hydrogen-bond acceptors (Lipinski definition) is 2. The van der Waals surface area contributed by atoms with Gasteiger partial charge in [0.15, 0.2) is 6.17 Å². The van der Waals surface area contributed by atoms with Gasteiger partial charge in [-0.2, -0.15) is 26.0 Å². The van der Waals surface area contributed by atoms with E-state index in [0.717, 1.165) is 0 Å². The lowest BCUT2D eigenvalue weighted by Crippen LogP contribution is -2.64. The molecule has 1 aliphatic rings. The number of rotatable bonds is 1. The quantitative estimate of drug-likeness (QED) is 0.290. The summed E-state index contributed by atoms with van der Waals surface area (Å²) in [6, 6.07) is 10.2. The average molecular weight is 474 g/mol. The van der Waals surface area contributed by atoms with Crippen LogP contribution in [0, 0.1) is 3.57 Å². The Labute approximate surface area is 141 Å². The highest BCUT2D eigenvalue weighted by Crippen LogP contribution is 2.53. The van der Waals surface area contributed by atoms with Gasteiger partial charge < -0.3 is 0 Å². The molecule has 0 fully saturated rings. The van der Waals surface area contributed by atoms with Crippen LogP contribution < -0.4 is 0 Å². The third kappa shape index (κ3) is 3.65. The normalized spacial score (nSPS) is 28.6. The highest BCUT2D eigenvalue weighted by atomic mass is 127. The van der Waals surface area contributed by atoms with E-state index in [0.29, 0.717) is 0 Å². The summed E-state index contributed by atoms with van der Waals surface area (Å²) in [5, 5.41) is -5.05. The number of halogens is 7. The van der Waals surface area contributed by atoms with Crippen LogP contribution in [0.2, 0.25) is 0 Å². The maximum atomic E-state index is 13.2. The molecule has 0 saturated carbocycles. The van der Waals surface area contributed by atoms with E-state index in [4.69, 9.17) is 4.55 Å². The lowest BCUT2D eigenvalue weighted by molar-refractivity contribution is -0.264. The molecule has 130 valence electrons. The number of benzene rings is 1. The van der Waals surface area contributed by atoms with E-state index in [1.54, 1.807) is 0 Å². The van der Waals surface area contributed by atoms with Gasteiger partial charge in [0.2, 0.25) is 0 Å². The predicted octanol–water partition coefficient (Wildman–Crippen LogP) is 4.01. The molecule has 0 spiro atoms. The van der Waals surface area contributed by atoms with Gasteiger partial charge >= 0.3 is 27.0 Å². The van der Waals surface area contributed by atoms with E-state index in [1.165, 1.54) is 3.57 Å². The molecule has 3 nitrogen and oxygen atoms in total. The summed E-state index contributed by atoms with van der Waals surface area (Å²) in [5.41, 5.74) is 0. The maximum Gasteiger partial charge on any atom is 0.367 e. The van der Waals surface area contributed by atoms with Crippen molar-refractivity contribution in [3.05, 3.63) is 46.1 Å². The fourth-order valence-corrected chi connectivity index (χ4v) is 2.62. The molecular weight excluding hydrogens is 465 g/mol. The first-order valence-electron chi connectivity index (χ1n) is 5.73. The zero-order chi connectivity index (χ0) is 18.1. The van der Waals surface area contributed by atoms with Gasteiger partial charge in [0.05, 0.1) is 0 Å². The smallest absolute Gasteiger partial charge is 0.283 e. The van der Waals surface area contributed by atoms with E-state index < -0.39 is 39.2 Å². The first kappa shape index (κ1) is 20.2. The molecule has 0 bridgehead atoms. The summed E-state index contributed by atoms with van der Waals surface area (Å²) in [7, 11) is -6.18. The first-order chi connectivity index (χ1) is 10.3. The van der Waals surface area contributed by atoms with Crippen molar-refractivity contribution in [2.45, 2.75) is 23.0 Å². The van der Waals surface area contributed by atoms with Crippen LogP contribution in [0.5, 0.6) is 0 Å². The zero-order valence-electron chi connectivity index (χ0n) is 10.9. The summed E-state index contributed by atoms with van der Waals surface area (Å²) in [4.78, 5) is 0. The Morgan fingerprint density at radius 3 is 1.87 bits per heavy atom. The summed E-state index contributed by atoms with van der Waals surface area (Å²) in [6.07, 6.45) is -4.57. The fraction of sp³-hybridized carbons (Fsp3) is 0.333. The van der Waals surface area contributed by atoms with Crippen LogP contribution in [-0.2, 0) is 10.1 Å². The summed E-state index contributed by atoms with van der Waals surface area (Å²) in [5.74, 6) is -11.5. The van der Waals surface area contributed by atoms with E-state index in [1.807, 2.05) is 18.2 Å². The Morgan fingerprint density at radius 1 is 1.04 bits per heavy atom. The van der Waals surface area contributed by atoms with Gasteiger partial charge in [0, 0.05) is 3.57 Å². The van der Waals surface area contributed by atoms with Crippen LogP contribution in [0.15, 0.2) is 42.5 Å². The van der Waals surface area contributed by atoms with Gasteiger partial charge in [-0.25, -0.2) is 8.78 Å². The second kappa shape index (κ2) is 6.59. The molecule has 0 aliphatic heterocycles. The largest absolute Gasteiger partial charge is 0.367 e.